The van der Waals surface area contributed by atoms with Crippen LogP contribution in [0.15, 0.2) is 77.4 Å². The van der Waals surface area contributed by atoms with Crippen molar-refractivity contribution in [3.63, 3.8) is 0 Å². The summed E-state index contributed by atoms with van der Waals surface area (Å²) >= 11 is 22.6. The lowest BCUT2D eigenvalue weighted by molar-refractivity contribution is -0.385. The Bertz CT molecular complexity index is 2680. The minimum absolute atomic E-state index is 0.0371. The number of furan rings is 1. The molecule has 1 atom stereocenters. The maximum atomic E-state index is 12.7. The van der Waals surface area contributed by atoms with Crippen molar-refractivity contribution < 1.29 is 83.8 Å². The molecule has 1 unspecified atom stereocenters. The number of carboxylic acids is 1. The number of rotatable bonds is 17. The molecule has 3 amide bonds. The number of carbonyl (C=O) groups excluding carboxylic acids is 3. The van der Waals surface area contributed by atoms with Crippen molar-refractivity contribution in [1.29, 1.82) is 0 Å². The van der Waals surface area contributed by atoms with Gasteiger partial charge in [0, 0.05) is 19.2 Å². The number of para-hydroxylation sites is 1. The Labute approximate surface area is 437 Å². The Morgan fingerprint density at radius 1 is 1.04 bits per heavy atom. The second-order valence-electron chi connectivity index (χ2n) is 15.4. The van der Waals surface area contributed by atoms with Crippen molar-refractivity contribution >= 4 is 99.1 Å². The summed E-state index contributed by atoms with van der Waals surface area (Å²) < 4.78 is 93.5. The van der Waals surface area contributed by atoms with Crippen LogP contribution in [0, 0.1) is 10.1 Å². The zero-order chi connectivity index (χ0) is 55.6. The summed E-state index contributed by atoms with van der Waals surface area (Å²) in [7, 11) is -6.52. The van der Waals surface area contributed by atoms with Crippen molar-refractivity contribution in [3.05, 3.63) is 116 Å². The van der Waals surface area contributed by atoms with Crippen molar-refractivity contribution in [2.24, 2.45) is 0 Å². The molecule has 0 bridgehead atoms. The number of nitro groups is 1. The topological polar surface area (TPSA) is 295 Å². The number of sulfonamides is 1. The van der Waals surface area contributed by atoms with Gasteiger partial charge in [0.2, 0.25) is 15.9 Å². The molecule has 0 spiro atoms. The lowest BCUT2D eigenvalue weighted by Crippen LogP contribution is -2.45. The van der Waals surface area contributed by atoms with Gasteiger partial charge in [-0.05, 0) is 74.2 Å². The lowest BCUT2D eigenvalue weighted by atomic mass is 10.0. The summed E-state index contributed by atoms with van der Waals surface area (Å²) in [6, 6.07) is 14.8. The second-order valence-corrected chi connectivity index (χ2v) is 20.5. The zero-order valence-electron chi connectivity index (χ0n) is 39.5. The predicted octanol–water partition coefficient (Wildman–Crippen LogP) is 8.25. The van der Waals surface area contributed by atoms with Gasteiger partial charge in [0.25, 0.3) is 17.5 Å². The van der Waals surface area contributed by atoms with Crippen molar-refractivity contribution in [2.45, 2.75) is 63.4 Å². The SMILES string of the molecule is CC1(C)OC(c2ccco2)CN1C(=O)C(Cl)Cl.CCc1cccc(CC)c1N(COC)C(=O)CCl.CS(=O)(=O)NC(=O)c1cc(Oc2ccc(C(F)(F)F)cc2Cl)ccc1[N+](=O)[O-].O=C(O)CNCP(=O)(O)O. The van der Waals surface area contributed by atoms with Crippen LogP contribution in [0.2, 0.25) is 5.02 Å². The summed E-state index contributed by atoms with van der Waals surface area (Å²) in [6.07, 6.45) is -1.50. The van der Waals surface area contributed by atoms with Gasteiger partial charge in [0.05, 0.1) is 53.1 Å². The van der Waals surface area contributed by atoms with Crippen LogP contribution < -0.4 is 19.7 Å². The number of carboxylic acid groups (broad SMARTS) is 1. The Hall–Kier alpha value is -5.05. The van der Waals surface area contributed by atoms with Crippen LogP contribution in [-0.4, -0.2) is 113 Å². The largest absolute Gasteiger partial charge is 0.480 e. The highest BCUT2D eigenvalue weighted by atomic mass is 35.5. The second kappa shape index (κ2) is 28.6. The molecule has 4 aromatic rings. The minimum Gasteiger partial charge on any atom is -0.480 e. The highest BCUT2D eigenvalue weighted by Gasteiger charge is 2.45. The Kier molecular flexibility index (Phi) is 25.1. The number of aliphatic carboxylic acids is 1. The summed E-state index contributed by atoms with van der Waals surface area (Å²) in [5.74, 6) is -2.66. The molecule has 1 fully saturated rings. The normalized spacial score (nSPS) is 14.1. The maximum absolute atomic E-state index is 12.7. The molecule has 1 aliphatic rings. The molecule has 1 saturated heterocycles. The van der Waals surface area contributed by atoms with E-state index in [0.717, 1.165) is 53.9 Å². The standard InChI is InChI=1S/C15H10ClF3N2O6S.C14H20ClNO2.C11H13Cl2NO3.C3H8NO5P/c1-28(25,26)20-14(22)10-7-9(3-4-12(10)21(23)24)27-13-5-2-8(6-11(13)16)15(17,18)19;1-4-11-7-6-8-12(5-2)14(11)16(10-18-3)13(17)9-15;1-11(2)14(10(15)9(12)13)6-8(17-11)7-4-3-5-16-7;5-3(6)1-4-2-10(7,8)9/h2-7H,1H3,(H,20,22);6-8H,4-5,9-10H2,1-3H3;3-5,8-9H,6H2,1-2H3;4H,1-2H2,(H,5,6)(H2,7,8,9). The molecule has 5 rings (SSSR count). The monoisotopic (exact) mass is 1150 g/mol. The fraction of sp³-hybridized carbons (Fsp3) is 0.395. The number of methoxy groups -OCH3 is 1. The van der Waals surface area contributed by atoms with E-state index >= 15 is 0 Å². The lowest BCUT2D eigenvalue weighted by Gasteiger charge is -2.29. The number of hydrogen-bond donors (Lipinski definition) is 5. The molecule has 21 nitrogen and oxygen atoms in total. The molecule has 2 heterocycles. The number of hydrogen-bond acceptors (Lipinski definition) is 14. The molecule has 30 heteroatoms. The molecule has 0 aliphatic carbocycles. The number of anilines is 1. The number of halogens is 7. The molecular formula is C43H51Cl4F3N5O16PS. The van der Waals surface area contributed by atoms with Crippen molar-refractivity contribution in [1.82, 2.24) is 14.9 Å². The Morgan fingerprint density at radius 2 is 1.66 bits per heavy atom. The highest BCUT2D eigenvalue weighted by Crippen LogP contribution is 2.39. The quantitative estimate of drug-likeness (QED) is 0.0218. The fourth-order valence-electron chi connectivity index (χ4n) is 6.29. The average Bonchev–Trinajstić information content (AvgIpc) is 3.95. The smallest absolute Gasteiger partial charge is 0.416 e. The third-order valence-corrected chi connectivity index (χ3v) is 11.5. The predicted molar refractivity (Wildman–Crippen MR) is 264 cm³/mol. The van der Waals surface area contributed by atoms with Crippen molar-refractivity contribution in [2.75, 3.05) is 50.3 Å². The van der Waals surface area contributed by atoms with Crippen LogP contribution in [0.3, 0.4) is 0 Å². The molecule has 0 radical (unpaired) electrons. The van der Waals surface area contributed by atoms with Crippen LogP contribution in [0.5, 0.6) is 11.5 Å². The first-order valence-electron chi connectivity index (χ1n) is 20.9. The molecule has 5 N–H and O–H groups in total. The number of aryl methyl sites for hydroxylation is 2. The van der Waals surface area contributed by atoms with Crippen LogP contribution >= 0.6 is 54.0 Å². The van der Waals surface area contributed by atoms with E-state index in [0.29, 0.717) is 30.7 Å². The van der Waals surface area contributed by atoms with Crippen molar-refractivity contribution in [3.8, 4) is 11.5 Å². The van der Waals surface area contributed by atoms with Crippen LogP contribution in [-0.2, 0) is 57.5 Å². The van der Waals surface area contributed by atoms with Gasteiger partial charge in [-0.15, -0.1) is 11.6 Å². The van der Waals surface area contributed by atoms with E-state index in [1.165, 1.54) is 4.90 Å². The first kappa shape index (κ1) is 64.1. The number of benzene rings is 3. The fourth-order valence-corrected chi connectivity index (χ4v) is 7.74. The number of carbonyl (C=O) groups is 4. The van der Waals surface area contributed by atoms with E-state index in [4.69, 9.17) is 79.9 Å². The van der Waals surface area contributed by atoms with Gasteiger partial charge >= 0.3 is 19.7 Å². The molecule has 0 saturated carbocycles. The number of nitrogens with one attached hydrogen (secondary N) is 2. The molecule has 73 heavy (non-hydrogen) atoms. The van der Waals surface area contributed by atoms with E-state index in [9.17, 15) is 55.4 Å². The summed E-state index contributed by atoms with van der Waals surface area (Å²) in [5, 5.41) is 20.7. The van der Waals surface area contributed by atoms with Gasteiger partial charge < -0.3 is 38.4 Å². The van der Waals surface area contributed by atoms with E-state index in [2.05, 4.69) is 19.2 Å². The van der Waals surface area contributed by atoms with Gasteiger partial charge in [-0.1, -0.05) is 66.8 Å². The summed E-state index contributed by atoms with van der Waals surface area (Å²) in [4.78, 5) is 74.1. The average molecular weight is 1160 g/mol. The zero-order valence-corrected chi connectivity index (χ0v) is 44.3. The first-order valence-corrected chi connectivity index (χ1v) is 26.4. The van der Waals surface area contributed by atoms with Gasteiger partial charge in [0.15, 0.2) is 4.84 Å². The molecular weight excluding hydrogens is 1100 g/mol. The molecule has 1 aromatic heterocycles. The van der Waals surface area contributed by atoms with Gasteiger partial charge in [-0.3, -0.25) is 44.1 Å². The third-order valence-electron chi connectivity index (χ3n) is 9.42. The third kappa shape index (κ3) is 21.0. The number of ether oxygens (including phenoxy) is 3. The van der Waals surface area contributed by atoms with Crippen LogP contribution in [0.1, 0.15) is 66.6 Å². The summed E-state index contributed by atoms with van der Waals surface area (Å²) in [6.45, 7) is 7.92. The van der Waals surface area contributed by atoms with Gasteiger partial charge in [0.1, 0.15) is 47.3 Å². The maximum Gasteiger partial charge on any atom is 0.416 e. The highest BCUT2D eigenvalue weighted by molar-refractivity contribution is 7.89. The molecule has 404 valence electrons. The summed E-state index contributed by atoms with van der Waals surface area (Å²) in [5.41, 5.74) is 0.158. The van der Waals surface area contributed by atoms with E-state index in [-0.39, 0.29) is 42.0 Å². The Balaban J connectivity index is 0.000000354. The molecule has 3 aromatic carbocycles. The number of alkyl halides is 6. The van der Waals surface area contributed by atoms with E-state index in [1.807, 2.05) is 24.3 Å². The number of nitro benzene ring substituents is 1. The van der Waals surface area contributed by atoms with Gasteiger partial charge in [-0.25, -0.2) is 13.1 Å². The van der Waals surface area contributed by atoms with Crippen LogP contribution in [0.25, 0.3) is 0 Å². The van der Waals surface area contributed by atoms with Crippen LogP contribution in [0.4, 0.5) is 24.5 Å². The first-order chi connectivity index (χ1) is 33.8. The van der Waals surface area contributed by atoms with E-state index in [1.54, 1.807) is 42.9 Å². The Morgan fingerprint density at radius 3 is 2.11 bits per heavy atom. The number of nitrogens with zero attached hydrogens (tertiary/aromatic N) is 3. The minimum atomic E-state index is -4.62. The molecule has 1 aliphatic heterocycles. The van der Waals surface area contributed by atoms with Gasteiger partial charge in [-0.2, -0.15) is 13.2 Å². The van der Waals surface area contributed by atoms with E-state index < -0.39 is 85.8 Å². The number of amides is 3.